The van der Waals surface area contributed by atoms with Crippen molar-refractivity contribution in [1.82, 2.24) is 4.90 Å². The van der Waals surface area contributed by atoms with Crippen LogP contribution in [0.2, 0.25) is 0 Å². The molecule has 4 nitrogen and oxygen atoms in total. The highest BCUT2D eigenvalue weighted by Crippen LogP contribution is 2.35. The number of alkyl halides is 3. The summed E-state index contributed by atoms with van der Waals surface area (Å²) in [5.74, 6) is -1.33. The minimum atomic E-state index is -4.48. The molecule has 1 amide bonds. The summed E-state index contributed by atoms with van der Waals surface area (Å²) in [4.78, 5) is 25.5. The third-order valence-corrected chi connectivity index (χ3v) is 4.83. The van der Waals surface area contributed by atoms with Gasteiger partial charge in [-0.15, -0.1) is 0 Å². The fourth-order valence-electron chi connectivity index (χ4n) is 3.26. The van der Waals surface area contributed by atoms with Crippen LogP contribution in [0.5, 0.6) is 0 Å². The number of halogens is 3. The van der Waals surface area contributed by atoms with Gasteiger partial charge >= 0.3 is 12.1 Å². The molecule has 0 atom stereocenters. The Kier molecular flexibility index (Phi) is 5.72. The van der Waals surface area contributed by atoms with E-state index in [0.717, 1.165) is 18.9 Å². The third-order valence-electron chi connectivity index (χ3n) is 4.83. The number of benzene rings is 2. The number of rotatable bonds is 7. The Hall–Kier alpha value is -2.83. The average Bonchev–Trinajstić information content (AvgIpc) is 3.49. The molecular weight excluding hydrogens is 371 g/mol. The summed E-state index contributed by atoms with van der Waals surface area (Å²) in [6.07, 6.45) is -2.66. The van der Waals surface area contributed by atoms with Gasteiger partial charge in [0.2, 0.25) is 5.91 Å². The Balaban J connectivity index is 1.74. The van der Waals surface area contributed by atoms with Crippen LogP contribution in [0.3, 0.4) is 0 Å². The molecule has 7 heteroatoms. The molecule has 0 heterocycles. The molecule has 0 radical (unpaired) electrons. The van der Waals surface area contributed by atoms with Crippen molar-refractivity contribution in [3.63, 3.8) is 0 Å². The van der Waals surface area contributed by atoms with Crippen LogP contribution in [0.25, 0.3) is 0 Å². The van der Waals surface area contributed by atoms with Gasteiger partial charge in [-0.25, -0.2) is 4.79 Å². The van der Waals surface area contributed by atoms with E-state index in [2.05, 4.69) is 0 Å². The molecule has 1 saturated carbocycles. The molecule has 2 aromatic carbocycles. The van der Waals surface area contributed by atoms with Crippen LogP contribution in [0.4, 0.5) is 13.2 Å². The lowest BCUT2D eigenvalue weighted by molar-refractivity contribution is -0.140. The fraction of sp³-hybridized carbons (Fsp3) is 0.333. The van der Waals surface area contributed by atoms with Crippen LogP contribution in [0, 0.1) is 0 Å². The molecular formula is C21H20F3NO3. The Labute approximate surface area is 160 Å². The number of hydrogen-bond acceptors (Lipinski definition) is 2. The molecule has 3 rings (SSSR count). The summed E-state index contributed by atoms with van der Waals surface area (Å²) in [5.41, 5.74) is 0.0105. The number of carbonyl (C=O) groups is 2. The van der Waals surface area contributed by atoms with E-state index in [0.29, 0.717) is 5.56 Å². The first-order valence-electron chi connectivity index (χ1n) is 9.03. The molecule has 0 saturated heterocycles. The number of aromatic carboxylic acids is 1. The minimum absolute atomic E-state index is 0.0506. The number of carboxylic acids is 1. The maximum Gasteiger partial charge on any atom is 0.416 e. The van der Waals surface area contributed by atoms with E-state index in [1.54, 1.807) is 18.2 Å². The zero-order valence-corrected chi connectivity index (χ0v) is 15.1. The number of carboxylic acid groups (broad SMARTS) is 1. The molecule has 1 aliphatic rings. The molecule has 28 heavy (non-hydrogen) atoms. The van der Waals surface area contributed by atoms with E-state index in [1.807, 2.05) is 0 Å². The fourth-order valence-corrected chi connectivity index (χ4v) is 3.26. The maximum atomic E-state index is 13.2. The van der Waals surface area contributed by atoms with Crippen LogP contribution in [0.15, 0.2) is 48.5 Å². The lowest BCUT2D eigenvalue weighted by atomic mass is 10.0. The Bertz CT molecular complexity index is 875. The minimum Gasteiger partial charge on any atom is -0.478 e. The van der Waals surface area contributed by atoms with Crippen molar-refractivity contribution in [3.05, 3.63) is 70.8 Å². The first-order valence-corrected chi connectivity index (χ1v) is 9.03. The predicted molar refractivity (Wildman–Crippen MR) is 96.7 cm³/mol. The second-order valence-corrected chi connectivity index (χ2v) is 6.87. The van der Waals surface area contributed by atoms with E-state index in [-0.39, 0.29) is 42.5 Å². The zero-order chi connectivity index (χ0) is 20.3. The molecule has 148 valence electrons. The second kappa shape index (κ2) is 8.04. The highest BCUT2D eigenvalue weighted by atomic mass is 19.4. The van der Waals surface area contributed by atoms with Crippen LogP contribution in [-0.4, -0.2) is 27.9 Å². The van der Waals surface area contributed by atoms with Gasteiger partial charge in [0.15, 0.2) is 0 Å². The van der Waals surface area contributed by atoms with Crippen LogP contribution >= 0.6 is 0 Å². The third kappa shape index (κ3) is 4.71. The molecule has 0 aromatic heterocycles. The topological polar surface area (TPSA) is 57.6 Å². The normalized spacial score (nSPS) is 14.0. The first kappa shape index (κ1) is 19.9. The van der Waals surface area contributed by atoms with Crippen molar-refractivity contribution in [2.75, 3.05) is 0 Å². The zero-order valence-electron chi connectivity index (χ0n) is 15.1. The van der Waals surface area contributed by atoms with Crippen molar-refractivity contribution in [3.8, 4) is 0 Å². The van der Waals surface area contributed by atoms with Crippen molar-refractivity contribution in [2.45, 2.75) is 44.4 Å². The van der Waals surface area contributed by atoms with E-state index in [1.165, 1.54) is 29.2 Å². The summed E-state index contributed by atoms with van der Waals surface area (Å²) in [7, 11) is 0. The molecule has 1 N–H and O–H groups in total. The van der Waals surface area contributed by atoms with Gasteiger partial charge in [-0.2, -0.15) is 13.2 Å². The summed E-state index contributed by atoms with van der Waals surface area (Å²) in [6, 6.07) is 11.7. The van der Waals surface area contributed by atoms with Crippen LogP contribution in [-0.2, 0) is 23.9 Å². The van der Waals surface area contributed by atoms with Gasteiger partial charge in [0.05, 0.1) is 11.1 Å². The molecule has 2 aromatic rings. The van der Waals surface area contributed by atoms with Gasteiger partial charge in [-0.05, 0) is 42.5 Å². The summed E-state index contributed by atoms with van der Waals surface area (Å²) in [6.45, 7) is -0.0975. The van der Waals surface area contributed by atoms with Crippen molar-refractivity contribution < 1.29 is 27.9 Å². The Morgan fingerprint density at radius 3 is 2.21 bits per heavy atom. The van der Waals surface area contributed by atoms with E-state index in [9.17, 15) is 27.9 Å². The quantitative estimate of drug-likeness (QED) is 0.755. The first-order chi connectivity index (χ1) is 13.3. The predicted octanol–water partition coefficient (Wildman–Crippen LogP) is 4.53. The van der Waals surface area contributed by atoms with Crippen molar-refractivity contribution >= 4 is 11.9 Å². The maximum absolute atomic E-state index is 13.2. The molecule has 0 unspecified atom stereocenters. The number of hydrogen-bond donors (Lipinski definition) is 1. The lowest BCUT2D eigenvalue weighted by Crippen LogP contribution is -2.33. The SMILES string of the molecule is O=C(O)c1ccccc1CCC(=O)N(Cc1ccccc1C(F)(F)F)C1CC1. The molecule has 0 aliphatic heterocycles. The average molecular weight is 391 g/mol. The van der Waals surface area contributed by atoms with Gasteiger partial charge in [0.25, 0.3) is 0 Å². The van der Waals surface area contributed by atoms with E-state index in [4.69, 9.17) is 0 Å². The number of carbonyl (C=O) groups excluding carboxylic acids is 1. The Morgan fingerprint density at radius 1 is 1.00 bits per heavy atom. The monoisotopic (exact) mass is 391 g/mol. The molecule has 1 fully saturated rings. The van der Waals surface area contributed by atoms with Crippen LogP contribution < -0.4 is 0 Å². The van der Waals surface area contributed by atoms with Crippen molar-refractivity contribution in [2.24, 2.45) is 0 Å². The summed E-state index contributed by atoms with van der Waals surface area (Å²) < 4.78 is 39.7. The van der Waals surface area contributed by atoms with Gasteiger partial charge in [0, 0.05) is 19.0 Å². The van der Waals surface area contributed by atoms with Gasteiger partial charge in [-0.1, -0.05) is 36.4 Å². The highest BCUT2D eigenvalue weighted by molar-refractivity contribution is 5.89. The molecule has 1 aliphatic carbocycles. The number of nitrogens with zero attached hydrogens (tertiary/aromatic N) is 1. The van der Waals surface area contributed by atoms with Gasteiger partial charge in [0.1, 0.15) is 0 Å². The lowest BCUT2D eigenvalue weighted by Gasteiger charge is -2.24. The van der Waals surface area contributed by atoms with E-state index >= 15 is 0 Å². The Morgan fingerprint density at radius 2 is 1.61 bits per heavy atom. The van der Waals surface area contributed by atoms with Gasteiger partial charge in [-0.3, -0.25) is 4.79 Å². The molecule has 0 spiro atoms. The summed E-state index contributed by atoms with van der Waals surface area (Å²) in [5, 5.41) is 9.24. The largest absolute Gasteiger partial charge is 0.478 e. The standard InChI is InChI=1S/C21H20F3NO3/c22-21(23,24)18-8-4-2-6-15(18)13-25(16-10-11-16)19(26)12-9-14-5-1-3-7-17(14)20(27)28/h1-8,16H,9-13H2,(H,27,28). The second-order valence-electron chi connectivity index (χ2n) is 6.87. The summed E-state index contributed by atoms with van der Waals surface area (Å²) >= 11 is 0. The number of aryl methyl sites for hydroxylation is 1. The number of amides is 1. The van der Waals surface area contributed by atoms with Gasteiger partial charge < -0.3 is 10.0 Å². The van der Waals surface area contributed by atoms with E-state index < -0.39 is 17.7 Å². The van der Waals surface area contributed by atoms with Crippen molar-refractivity contribution in [1.29, 1.82) is 0 Å². The molecule has 0 bridgehead atoms. The highest BCUT2D eigenvalue weighted by Gasteiger charge is 2.36. The van der Waals surface area contributed by atoms with Crippen LogP contribution in [0.1, 0.15) is 46.3 Å². The smallest absolute Gasteiger partial charge is 0.416 e.